The average Bonchev–Trinajstić information content (AvgIpc) is 2.35. The highest BCUT2D eigenvalue weighted by Crippen LogP contribution is 2.40. The van der Waals surface area contributed by atoms with Gasteiger partial charge in [-0.05, 0) is 17.5 Å². The third-order valence-electron chi connectivity index (χ3n) is 3.13. The second-order valence-corrected chi connectivity index (χ2v) is 5.75. The Hall–Kier alpha value is -1.75. The Kier molecular flexibility index (Phi) is 5.00. The fraction of sp³-hybridized carbons (Fsp3) is 0.533. The third kappa shape index (κ3) is 3.63. The molecule has 1 aromatic carbocycles. The van der Waals surface area contributed by atoms with Gasteiger partial charge in [-0.15, -0.1) is 0 Å². The quantitative estimate of drug-likeness (QED) is 0.866. The molecule has 3 N–H and O–H groups in total. The summed E-state index contributed by atoms with van der Waals surface area (Å²) < 4.78 is 10.8. The van der Waals surface area contributed by atoms with Crippen LogP contribution in [0.3, 0.4) is 0 Å². The van der Waals surface area contributed by atoms with Crippen LogP contribution < -0.4 is 15.2 Å². The molecule has 20 heavy (non-hydrogen) atoms. The first kappa shape index (κ1) is 16.3. The van der Waals surface area contributed by atoms with Gasteiger partial charge in [0.15, 0.2) is 0 Å². The molecular formula is C15H23NO4. The maximum absolute atomic E-state index is 10.9. The number of carboxylic acid groups (broad SMARTS) is 1. The number of carbonyl (C=O) groups is 1. The van der Waals surface area contributed by atoms with Crippen molar-refractivity contribution in [2.75, 3.05) is 14.2 Å². The van der Waals surface area contributed by atoms with E-state index in [-0.39, 0.29) is 11.8 Å². The van der Waals surface area contributed by atoms with Crippen LogP contribution in [0.5, 0.6) is 11.5 Å². The average molecular weight is 281 g/mol. The first-order chi connectivity index (χ1) is 9.20. The molecule has 1 aromatic rings. The van der Waals surface area contributed by atoms with Crippen LogP contribution >= 0.6 is 0 Å². The van der Waals surface area contributed by atoms with Crippen LogP contribution in [0.1, 0.15) is 44.4 Å². The Labute approximate surface area is 119 Å². The number of methoxy groups -OCH3 is 2. The number of carboxylic acids is 1. The van der Waals surface area contributed by atoms with Crippen molar-refractivity contribution in [3.8, 4) is 11.5 Å². The van der Waals surface area contributed by atoms with E-state index in [2.05, 4.69) is 20.8 Å². The third-order valence-corrected chi connectivity index (χ3v) is 3.13. The van der Waals surface area contributed by atoms with Crippen LogP contribution in [0.15, 0.2) is 12.1 Å². The second-order valence-electron chi connectivity index (χ2n) is 5.75. The molecule has 0 aliphatic rings. The molecular weight excluding hydrogens is 258 g/mol. The van der Waals surface area contributed by atoms with Crippen molar-refractivity contribution in [3.63, 3.8) is 0 Å². The van der Waals surface area contributed by atoms with Crippen molar-refractivity contribution >= 4 is 5.97 Å². The van der Waals surface area contributed by atoms with Crippen molar-refractivity contribution in [3.05, 3.63) is 23.3 Å². The molecule has 0 amide bonds. The number of aliphatic carboxylic acids is 1. The van der Waals surface area contributed by atoms with Crippen molar-refractivity contribution in [2.24, 2.45) is 5.73 Å². The first-order valence-corrected chi connectivity index (χ1v) is 6.44. The minimum Gasteiger partial charge on any atom is -0.497 e. The Morgan fingerprint density at radius 2 is 1.90 bits per heavy atom. The lowest BCUT2D eigenvalue weighted by atomic mass is 9.83. The molecule has 1 unspecified atom stereocenters. The standard InChI is InChI=1S/C15H23NO4/c1-15(2,3)11-7-9(19-4)6-10(14(11)20-5)12(16)8-13(17)18/h6-7,12H,8,16H2,1-5H3,(H,17,18). The highest BCUT2D eigenvalue weighted by Gasteiger charge is 2.25. The molecule has 0 bridgehead atoms. The van der Waals surface area contributed by atoms with Gasteiger partial charge < -0.3 is 20.3 Å². The lowest BCUT2D eigenvalue weighted by Crippen LogP contribution is -2.19. The van der Waals surface area contributed by atoms with Gasteiger partial charge in [0.1, 0.15) is 11.5 Å². The number of hydrogen-bond acceptors (Lipinski definition) is 4. The second kappa shape index (κ2) is 6.13. The summed E-state index contributed by atoms with van der Waals surface area (Å²) in [5.41, 5.74) is 7.41. The van der Waals surface area contributed by atoms with E-state index in [4.69, 9.17) is 20.3 Å². The minimum absolute atomic E-state index is 0.160. The molecule has 1 atom stereocenters. The Balaban J connectivity index is 3.45. The SMILES string of the molecule is COc1cc(C(N)CC(=O)O)c(OC)c(C(C)(C)C)c1. The lowest BCUT2D eigenvalue weighted by Gasteiger charge is -2.26. The molecule has 1 rings (SSSR count). The Morgan fingerprint density at radius 1 is 1.30 bits per heavy atom. The summed E-state index contributed by atoms with van der Waals surface area (Å²) >= 11 is 0. The van der Waals surface area contributed by atoms with Crippen LogP contribution in [0.2, 0.25) is 0 Å². The molecule has 0 radical (unpaired) electrons. The molecule has 0 spiro atoms. The summed E-state index contributed by atoms with van der Waals surface area (Å²) in [5, 5.41) is 8.91. The number of ether oxygens (including phenoxy) is 2. The molecule has 0 fully saturated rings. The maximum Gasteiger partial charge on any atom is 0.305 e. The molecule has 5 heteroatoms. The van der Waals surface area contributed by atoms with E-state index >= 15 is 0 Å². The van der Waals surface area contributed by atoms with Crippen LogP contribution in [-0.2, 0) is 10.2 Å². The van der Waals surface area contributed by atoms with Gasteiger partial charge in [-0.25, -0.2) is 0 Å². The number of nitrogens with two attached hydrogens (primary N) is 1. The van der Waals surface area contributed by atoms with Gasteiger partial charge in [0, 0.05) is 17.2 Å². The number of rotatable bonds is 5. The maximum atomic E-state index is 10.9. The smallest absolute Gasteiger partial charge is 0.305 e. The van der Waals surface area contributed by atoms with Crippen LogP contribution in [0.25, 0.3) is 0 Å². The predicted molar refractivity (Wildman–Crippen MR) is 77.4 cm³/mol. The molecule has 0 heterocycles. The van der Waals surface area contributed by atoms with E-state index in [0.717, 1.165) is 5.56 Å². The molecule has 0 saturated carbocycles. The van der Waals surface area contributed by atoms with Gasteiger partial charge in [0.25, 0.3) is 0 Å². The summed E-state index contributed by atoms with van der Waals surface area (Å²) in [6.45, 7) is 6.16. The molecule has 0 aliphatic heterocycles. The van der Waals surface area contributed by atoms with Crippen LogP contribution in [0, 0.1) is 0 Å². The summed E-state index contributed by atoms with van der Waals surface area (Å²) in [7, 11) is 3.13. The summed E-state index contributed by atoms with van der Waals surface area (Å²) in [6, 6.07) is 3.00. The zero-order valence-electron chi connectivity index (χ0n) is 12.7. The predicted octanol–water partition coefficient (Wildman–Crippen LogP) is 2.48. The van der Waals surface area contributed by atoms with Crippen molar-refractivity contribution in [1.82, 2.24) is 0 Å². The van der Waals surface area contributed by atoms with E-state index in [9.17, 15) is 4.79 Å². The largest absolute Gasteiger partial charge is 0.497 e. The number of hydrogen-bond donors (Lipinski definition) is 2. The van der Waals surface area contributed by atoms with Gasteiger partial charge in [0.2, 0.25) is 0 Å². The van der Waals surface area contributed by atoms with Gasteiger partial charge in [-0.2, -0.15) is 0 Å². The molecule has 0 aromatic heterocycles. The lowest BCUT2D eigenvalue weighted by molar-refractivity contribution is -0.137. The van der Waals surface area contributed by atoms with E-state index in [1.807, 2.05) is 6.07 Å². The van der Waals surface area contributed by atoms with Crippen molar-refractivity contribution in [2.45, 2.75) is 38.6 Å². The summed E-state index contributed by atoms with van der Waals surface area (Å²) in [4.78, 5) is 10.9. The number of benzene rings is 1. The van der Waals surface area contributed by atoms with Crippen molar-refractivity contribution < 1.29 is 19.4 Å². The highest BCUT2D eigenvalue weighted by atomic mass is 16.5. The topological polar surface area (TPSA) is 81.8 Å². The first-order valence-electron chi connectivity index (χ1n) is 6.44. The van der Waals surface area contributed by atoms with E-state index < -0.39 is 12.0 Å². The van der Waals surface area contributed by atoms with Gasteiger partial charge in [-0.1, -0.05) is 20.8 Å². The molecule has 0 aliphatic carbocycles. The molecule has 5 nitrogen and oxygen atoms in total. The van der Waals surface area contributed by atoms with Gasteiger partial charge in [0.05, 0.1) is 20.6 Å². The summed E-state index contributed by atoms with van der Waals surface area (Å²) in [5.74, 6) is 0.332. The molecule has 112 valence electrons. The fourth-order valence-electron chi connectivity index (χ4n) is 2.10. The van der Waals surface area contributed by atoms with Gasteiger partial charge >= 0.3 is 5.97 Å². The zero-order valence-corrected chi connectivity index (χ0v) is 12.7. The highest BCUT2D eigenvalue weighted by molar-refractivity contribution is 5.68. The Bertz CT molecular complexity index is 491. The monoisotopic (exact) mass is 281 g/mol. The summed E-state index contributed by atoms with van der Waals surface area (Å²) in [6.07, 6.45) is -0.160. The normalized spacial score (nSPS) is 12.9. The van der Waals surface area contributed by atoms with E-state index in [1.54, 1.807) is 20.3 Å². The van der Waals surface area contributed by atoms with E-state index in [0.29, 0.717) is 17.1 Å². The van der Waals surface area contributed by atoms with Crippen LogP contribution in [-0.4, -0.2) is 25.3 Å². The zero-order chi connectivity index (χ0) is 15.5. The fourth-order valence-corrected chi connectivity index (χ4v) is 2.10. The van der Waals surface area contributed by atoms with Crippen molar-refractivity contribution in [1.29, 1.82) is 0 Å². The van der Waals surface area contributed by atoms with E-state index in [1.165, 1.54) is 0 Å². The Morgan fingerprint density at radius 3 is 2.30 bits per heavy atom. The molecule has 0 saturated heterocycles. The van der Waals surface area contributed by atoms with Gasteiger partial charge in [-0.3, -0.25) is 4.79 Å². The van der Waals surface area contributed by atoms with Crippen LogP contribution in [0.4, 0.5) is 0 Å². The minimum atomic E-state index is -0.945.